The summed E-state index contributed by atoms with van der Waals surface area (Å²) in [6, 6.07) is 14.0. The molecular weight excluding hydrogens is 486 g/mol. The van der Waals surface area contributed by atoms with Crippen LogP contribution in [-0.4, -0.2) is 48.7 Å². The Bertz CT molecular complexity index is 1380. The lowest BCUT2D eigenvalue weighted by atomic mass is 9.93. The van der Waals surface area contributed by atoms with Crippen LogP contribution in [0, 0.1) is 10.8 Å². The van der Waals surface area contributed by atoms with Crippen molar-refractivity contribution < 1.29 is 19.1 Å². The fraction of sp³-hybridized carbons (Fsp3) is 0.222. The molecule has 2 aromatic carbocycles. The highest BCUT2D eigenvalue weighted by Crippen LogP contribution is 2.30. The van der Waals surface area contributed by atoms with Gasteiger partial charge in [-0.25, -0.2) is 4.98 Å². The second-order valence-corrected chi connectivity index (χ2v) is 9.37. The van der Waals surface area contributed by atoms with E-state index in [-0.39, 0.29) is 39.9 Å². The molecule has 1 heterocycles. The molecule has 0 radical (unpaired) electrons. The van der Waals surface area contributed by atoms with Crippen LogP contribution in [0.25, 0.3) is 11.1 Å². The van der Waals surface area contributed by atoms with Crippen molar-refractivity contribution in [2.24, 2.45) is 22.6 Å². The fourth-order valence-electron chi connectivity index (χ4n) is 3.49. The molecule has 0 aliphatic heterocycles. The minimum Gasteiger partial charge on any atom is -0.481 e. The number of hydrogen-bond donors (Lipinski definition) is 6. The third-order valence-corrected chi connectivity index (χ3v) is 5.87. The Labute approximate surface area is 220 Å². The van der Waals surface area contributed by atoms with Crippen molar-refractivity contribution in [1.29, 1.82) is 5.41 Å². The number of nitrogens with two attached hydrogens (primary N) is 3. The number of rotatable bonds is 10. The fourth-order valence-corrected chi connectivity index (χ4v) is 3.49. The third kappa shape index (κ3) is 6.51. The van der Waals surface area contributed by atoms with E-state index in [0.29, 0.717) is 35.5 Å². The zero-order valence-corrected chi connectivity index (χ0v) is 21.4. The first kappa shape index (κ1) is 27.8. The van der Waals surface area contributed by atoms with Crippen molar-refractivity contribution in [2.75, 3.05) is 25.5 Å². The molecule has 0 atom stereocenters. The lowest BCUT2D eigenvalue weighted by Gasteiger charge is -2.22. The summed E-state index contributed by atoms with van der Waals surface area (Å²) in [5, 5.41) is 13.1. The van der Waals surface area contributed by atoms with Gasteiger partial charge in [0.25, 0.3) is 11.8 Å². The molecule has 0 aliphatic rings. The Morgan fingerprint density at radius 3 is 2.16 bits per heavy atom. The quantitative estimate of drug-likeness (QED) is 0.175. The number of carbonyl (C=O) groups is 3. The molecule has 0 aliphatic carbocycles. The number of nitrogens with zero attached hydrogens (tertiary/aromatic N) is 1. The first-order valence-electron chi connectivity index (χ1n) is 11.7. The van der Waals surface area contributed by atoms with E-state index in [1.807, 2.05) is 13.8 Å². The maximum atomic E-state index is 13.3. The first-order valence-corrected chi connectivity index (χ1v) is 11.7. The van der Waals surface area contributed by atoms with E-state index in [9.17, 15) is 14.4 Å². The van der Waals surface area contributed by atoms with Crippen molar-refractivity contribution in [1.82, 2.24) is 10.3 Å². The summed E-state index contributed by atoms with van der Waals surface area (Å²) in [5.74, 6) is -1.65. The lowest BCUT2D eigenvalue weighted by Crippen LogP contribution is -2.38. The average molecular weight is 518 g/mol. The highest BCUT2D eigenvalue weighted by molar-refractivity contribution is 6.10. The highest BCUT2D eigenvalue weighted by atomic mass is 16.5. The number of amides is 3. The van der Waals surface area contributed by atoms with Gasteiger partial charge in [-0.3, -0.25) is 19.8 Å². The van der Waals surface area contributed by atoms with Crippen LogP contribution in [0.4, 0.5) is 5.69 Å². The Hall–Kier alpha value is -4.77. The largest absolute Gasteiger partial charge is 0.481 e. The molecule has 38 heavy (non-hydrogen) atoms. The molecule has 198 valence electrons. The number of anilines is 1. The summed E-state index contributed by atoms with van der Waals surface area (Å²) < 4.78 is 5.20. The number of ether oxygens (including phenoxy) is 1. The molecule has 3 aromatic rings. The van der Waals surface area contributed by atoms with E-state index >= 15 is 0 Å². The normalized spacial score (nSPS) is 10.9. The second-order valence-electron chi connectivity index (χ2n) is 9.37. The Kier molecular flexibility index (Phi) is 8.43. The van der Waals surface area contributed by atoms with Crippen molar-refractivity contribution in [3.63, 3.8) is 0 Å². The maximum absolute atomic E-state index is 13.3. The van der Waals surface area contributed by atoms with Gasteiger partial charge in [-0.05, 0) is 60.0 Å². The van der Waals surface area contributed by atoms with Crippen LogP contribution in [0.3, 0.4) is 0 Å². The number of nitrogen functional groups attached to an aromatic ring is 1. The van der Waals surface area contributed by atoms with Crippen LogP contribution in [0.15, 0.2) is 54.6 Å². The van der Waals surface area contributed by atoms with E-state index in [1.165, 1.54) is 13.2 Å². The predicted molar refractivity (Wildman–Crippen MR) is 145 cm³/mol. The molecule has 3 rings (SSSR count). The molecule has 0 saturated carbocycles. The number of nitrogens with one attached hydrogen (secondary N) is 3. The molecule has 1 aromatic heterocycles. The van der Waals surface area contributed by atoms with Crippen LogP contribution in [0.5, 0.6) is 5.88 Å². The Morgan fingerprint density at radius 1 is 0.947 bits per heavy atom. The van der Waals surface area contributed by atoms with Crippen molar-refractivity contribution >= 4 is 29.2 Å². The van der Waals surface area contributed by atoms with E-state index < -0.39 is 11.8 Å². The summed E-state index contributed by atoms with van der Waals surface area (Å²) in [6.45, 7) is 4.57. The summed E-state index contributed by atoms with van der Waals surface area (Å²) in [5.41, 5.74) is 18.4. The standard InChI is InChI=1S/C27H31N7O4/c1-27(2,13-28)14-32-25(36)16-6-9-18(20(12-16)24(31)35)19-10-11-21(38-3)34-22(19)26(37)33-17-7-4-15(5-8-17)23(29)30/h4-12H,13-14,28H2,1-3H3,(H3,29,30)(H2,31,35)(H,32,36)(H,33,37). The van der Waals surface area contributed by atoms with Gasteiger partial charge in [0.05, 0.1) is 7.11 Å². The Morgan fingerprint density at radius 2 is 1.58 bits per heavy atom. The molecule has 0 spiro atoms. The monoisotopic (exact) mass is 517 g/mol. The Balaban J connectivity index is 1.99. The number of methoxy groups -OCH3 is 1. The van der Waals surface area contributed by atoms with E-state index in [0.717, 1.165) is 0 Å². The van der Waals surface area contributed by atoms with E-state index in [2.05, 4.69) is 15.6 Å². The van der Waals surface area contributed by atoms with Gasteiger partial charge < -0.3 is 32.6 Å². The zero-order valence-electron chi connectivity index (χ0n) is 21.4. The molecule has 9 N–H and O–H groups in total. The van der Waals surface area contributed by atoms with Gasteiger partial charge in [0.15, 0.2) is 0 Å². The number of carbonyl (C=O) groups excluding carboxylic acids is 3. The molecule has 3 amide bonds. The molecular formula is C27H31N7O4. The van der Waals surface area contributed by atoms with Crippen LogP contribution in [0.1, 0.15) is 50.6 Å². The van der Waals surface area contributed by atoms with Crippen LogP contribution in [-0.2, 0) is 0 Å². The van der Waals surface area contributed by atoms with Gasteiger partial charge in [0.2, 0.25) is 11.8 Å². The molecule has 0 bridgehead atoms. The van der Waals surface area contributed by atoms with Gasteiger partial charge in [0.1, 0.15) is 11.5 Å². The number of amidine groups is 1. The van der Waals surface area contributed by atoms with Crippen molar-refractivity contribution in [3.8, 4) is 17.0 Å². The second kappa shape index (κ2) is 11.5. The van der Waals surface area contributed by atoms with Crippen LogP contribution in [0.2, 0.25) is 0 Å². The minimum absolute atomic E-state index is 0.0237. The summed E-state index contributed by atoms with van der Waals surface area (Å²) >= 11 is 0. The first-order chi connectivity index (χ1) is 18.0. The summed E-state index contributed by atoms with van der Waals surface area (Å²) in [4.78, 5) is 42.7. The number of pyridine rings is 1. The smallest absolute Gasteiger partial charge is 0.275 e. The molecule has 11 heteroatoms. The SMILES string of the molecule is COc1ccc(-c2ccc(C(=O)NCC(C)(C)CN)cc2C(N)=O)c(C(=O)Nc2ccc(C(=N)N)cc2)n1. The van der Waals surface area contributed by atoms with Gasteiger partial charge in [0, 0.05) is 40.6 Å². The van der Waals surface area contributed by atoms with Crippen LogP contribution >= 0.6 is 0 Å². The number of primary amides is 1. The molecule has 11 nitrogen and oxygen atoms in total. The molecule has 0 fully saturated rings. The summed E-state index contributed by atoms with van der Waals surface area (Å²) in [6.07, 6.45) is 0. The lowest BCUT2D eigenvalue weighted by molar-refractivity contribution is 0.0937. The number of aromatic nitrogens is 1. The topological polar surface area (TPSA) is 199 Å². The molecule has 0 unspecified atom stereocenters. The third-order valence-electron chi connectivity index (χ3n) is 5.87. The van der Waals surface area contributed by atoms with Gasteiger partial charge in [-0.1, -0.05) is 19.9 Å². The van der Waals surface area contributed by atoms with E-state index in [4.69, 9.17) is 27.3 Å². The highest BCUT2D eigenvalue weighted by Gasteiger charge is 2.23. The average Bonchev–Trinajstić information content (AvgIpc) is 2.91. The number of hydrogen-bond acceptors (Lipinski definition) is 7. The van der Waals surface area contributed by atoms with Crippen LogP contribution < -0.4 is 32.6 Å². The van der Waals surface area contributed by atoms with E-state index in [1.54, 1.807) is 48.5 Å². The van der Waals surface area contributed by atoms with Gasteiger partial charge in [-0.2, -0.15) is 0 Å². The zero-order chi connectivity index (χ0) is 28.0. The maximum Gasteiger partial charge on any atom is 0.275 e. The number of benzene rings is 2. The molecule has 0 saturated heterocycles. The predicted octanol–water partition coefficient (Wildman–Crippen LogP) is 2.11. The summed E-state index contributed by atoms with van der Waals surface area (Å²) in [7, 11) is 1.42. The minimum atomic E-state index is -0.779. The van der Waals surface area contributed by atoms with Gasteiger partial charge >= 0.3 is 0 Å². The van der Waals surface area contributed by atoms with Crippen molar-refractivity contribution in [2.45, 2.75) is 13.8 Å². The van der Waals surface area contributed by atoms with Crippen molar-refractivity contribution in [3.05, 3.63) is 77.0 Å². The van der Waals surface area contributed by atoms with Gasteiger partial charge in [-0.15, -0.1) is 0 Å².